The monoisotopic (exact) mass is 542 g/mol. The van der Waals surface area contributed by atoms with E-state index >= 15 is 0 Å². The van der Waals surface area contributed by atoms with Gasteiger partial charge in [-0.05, 0) is 66.1 Å². The third-order valence-electron chi connectivity index (χ3n) is 5.15. The van der Waals surface area contributed by atoms with E-state index in [1.807, 2.05) is 36.4 Å². The third-order valence-corrected chi connectivity index (χ3v) is 7.19. The minimum absolute atomic E-state index is 0.114. The lowest BCUT2D eigenvalue weighted by Gasteiger charge is -2.15. The molecule has 1 aliphatic rings. The molecule has 1 aliphatic heterocycles. The van der Waals surface area contributed by atoms with Crippen LogP contribution >= 0.6 is 47.2 Å². The average Bonchev–Trinajstić information content (AvgIpc) is 3.13. The van der Waals surface area contributed by atoms with Crippen LogP contribution in [0.2, 0.25) is 10.0 Å². The summed E-state index contributed by atoms with van der Waals surface area (Å²) in [5.41, 5.74) is 3.29. The van der Waals surface area contributed by atoms with E-state index in [4.69, 9.17) is 40.2 Å². The second kappa shape index (κ2) is 11.3. The van der Waals surface area contributed by atoms with E-state index in [1.54, 1.807) is 36.4 Å². The highest BCUT2D eigenvalue weighted by molar-refractivity contribution is 8.27. The van der Waals surface area contributed by atoms with Crippen LogP contribution in [0, 0.1) is 0 Å². The first-order valence-corrected chi connectivity index (χ1v) is 12.7. The van der Waals surface area contributed by atoms with Crippen molar-refractivity contribution < 1.29 is 14.3 Å². The Hall–Kier alpha value is -2.84. The first-order valence-electron chi connectivity index (χ1n) is 10.7. The molecule has 0 aliphatic carbocycles. The first-order chi connectivity index (χ1) is 16.8. The summed E-state index contributed by atoms with van der Waals surface area (Å²) in [6.07, 6.45) is 2.70. The van der Waals surface area contributed by atoms with Gasteiger partial charge in [0.25, 0.3) is 11.8 Å². The number of thioether (sulfide) groups is 1. The molecule has 3 aromatic rings. The van der Waals surface area contributed by atoms with Crippen LogP contribution in [0.3, 0.4) is 0 Å². The van der Waals surface area contributed by atoms with Gasteiger partial charge in [-0.25, -0.2) is 0 Å². The molecule has 0 spiro atoms. The van der Waals surface area contributed by atoms with E-state index in [0.717, 1.165) is 17.7 Å². The zero-order chi connectivity index (χ0) is 24.9. The van der Waals surface area contributed by atoms with E-state index < -0.39 is 0 Å². The summed E-state index contributed by atoms with van der Waals surface area (Å²) in [5.74, 6) is 0.0636. The van der Waals surface area contributed by atoms with Crippen LogP contribution in [0.25, 0.3) is 6.08 Å². The van der Waals surface area contributed by atoms with Gasteiger partial charge in [0.15, 0.2) is 10.9 Å². The molecular weight excluding hydrogens is 523 g/mol. The van der Waals surface area contributed by atoms with Crippen LogP contribution in [0.5, 0.6) is 5.75 Å². The lowest BCUT2D eigenvalue weighted by Crippen LogP contribution is -2.27. The molecule has 0 bridgehead atoms. The van der Waals surface area contributed by atoms with E-state index in [1.165, 1.54) is 22.2 Å². The highest BCUT2D eigenvalue weighted by Crippen LogP contribution is 2.38. The summed E-state index contributed by atoms with van der Waals surface area (Å²) in [4.78, 5) is 27.0. The Balaban J connectivity index is 1.36. The number of hydrogen-bond donors (Lipinski definition) is 1. The number of ether oxygens (including phenoxy) is 1. The van der Waals surface area contributed by atoms with Crippen molar-refractivity contribution in [2.24, 2.45) is 0 Å². The molecule has 0 aromatic heterocycles. The number of carbonyl (C=O) groups is 2. The largest absolute Gasteiger partial charge is 0.484 e. The molecule has 5 nitrogen and oxygen atoms in total. The Morgan fingerprint density at radius 2 is 1.77 bits per heavy atom. The van der Waals surface area contributed by atoms with Crippen molar-refractivity contribution in [1.29, 1.82) is 0 Å². The molecule has 1 heterocycles. The predicted octanol–water partition coefficient (Wildman–Crippen LogP) is 6.98. The fourth-order valence-electron chi connectivity index (χ4n) is 3.30. The smallest absolute Gasteiger partial charge is 0.270 e. The van der Waals surface area contributed by atoms with Crippen molar-refractivity contribution in [3.05, 3.63) is 92.8 Å². The summed E-state index contributed by atoms with van der Waals surface area (Å²) in [7, 11) is 0. The van der Waals surface area contributed by atoms with Crippen molar-refractivity contribution in [3.8, 4) is 5.75 Å². The van der Waals surface area contributed by atoms with Gasteiger partial charge in [-0.1, -0.05) is 78.4 Å². The molecule has 178 valence electrons. The van der Waals surface area contributed by atoms with Crippen molar-refractivity contribution in [3.63, 3.8) is 0 Å². The second-order valence-electron chi connectivity index (χ2n) is 7.57. The van der Waals surface area contributed by atoms with Gasteiger partial charge in [0.1, 0.15) is 5.75 Å². The number of thiocarbonyl (C=S) groups is 1. The quantitative estimate of drug-likeness (QED) is 0.257. The highest BCUT2D eigenvalue weighted by atomic mass is 35.5. The van der Waals surface area contributed by atoms with Crippen LogP contribution in [0.1, 0.15) is 18.1 Å². The van der Waals surface area contributed by atoms with Crippen molar-refractivity contribution in [2.45, 2.75) is 13.3 Å². The maximum Gasteiger partial charge on any atom is 0.270 e. The lowest BCUT2D eigenvalue weighted by atomic mass is 10.1. The molecule has 1 N–H and O–H groups in total. The number of aryl methyl sites for hydroxylation is 1. The number of rotatable bonds is 7. The minimum atomic E-state index is -0.246. The average molecular weight is 543 g/mol. The lowest BCUT2D eigenvalue weighted by molar-refractivity contribution is -0.118. The normalized spacial score (nSPS) is 14.5. The molecule has 3 aromatic carbocycles. The van der Waals surface area contributed by atoms with Gasteiger partial charge < -0.3 is 10.1 Å². The van der Waals surface area contributed by atoms with Crippen molar-refractivity contribution >= 4 is 80.8 Å². The Labute approximate surface area is 223 Å². The zero-order valence-electron chi connectivity index (χ0n) is 18.6. The molecule has 9 heteroatoms. The van der Waals surface area contributed by atoms with Gasteiger partial charge in [-0.2, -0.15) is 0 Å². The van der Waals surface area contributed by atoms with Gasteiger partial charge in [0.2, 0.25) is 0 Å². The standard InChI is InChI=1S/C26H20Cl2N2O3S2/c1-2-16-3-7-18(8-4-16)29-24(31)15-33-20-10-5-17(6-11-20)13-23-25(32)30(26(34)35-23)19-9-12-21(27)22(28)14-19/h3-14H,2,15H2,1H3,(H,29,31)/b23-13-. The molecular formula is C26H20Cl2N2O3S2. The van der Waals surface area contributed by atoms with Crippen LogP contribution < -0.4 is 15.0 Å². The zero-order valence-corrected chi connectivity index (χ0v) is 21.7. The Morgan fingerprint density at radius 1 is 1.06 bits per heavy atom. The fraction of sp³-hybridized carbons (Fsp3) is 0.115. The maximum atomic E-state index is 13.0. The first kappa shape index (κ1) is 25.3. The molecule has 35 heavy (non-hydrogen) atoms. The number of amides is 2. The molecule has 0 atom stereocenters. The number of carbonyl (C=O) groups excluding carboxylic acids is 2. The number of halogens is 2. The topological polar surface area (TPSA) is 58.6 Å². The molecule has 0 saturated carbocycles. The van der Waals surface area contributed by atoms with Gasteiger partial charge in [0, 0.05) is 5.69 Å². The summed E-state index contributed by atoms with van der Waals surface area (Å²) < 4.78 is 6.00. The molecule has 2 amide bonds. The molecule has 4 rings (SSSR count). The van der Waals surface area contributed by atoms with Crippen molar-refractivity contribution in [1.82, 2.24) is 0 Å². The summed E-state index contributed by atoms with van der Waals surface area (Å²) in [6, 6.07) is 19.7. The number of anilines is 2. The summed E-state index contributed by atoms with van der Waals surface area (Å²) >= 11 is 18.7. The van der Waals surface area contributed by atoms with Crippen LogP contribution in [-0.4, -0.2) is 22.7 Å². The second-order valence-corrected chi connectivity index (χ2v) is 10.1. The van der Waals surface area contributed by atoms with Crippen LogP contribution in [0.4, 0.5) is 11.4 Å². The number of hydrogen-bond acceptors (Lipinski definition) is 5. The Bertz CT molecular complexity index is 1310. The van der Waals surface area contributed by atoms with E-state index in [0.29, 0.717) is 30.7 Å². The molecule has 0 unspecified atom stereocenters. The number of benzene rings is 3. The molecule has 1 saturated heterocycles. The van der Waals surface area contributed by atoms with E-state index in [-0.39, 0.29) is 18.4 Å². The molecule has 0 radical (unpaired) electrons. The van der Waals surface area contributed by atoms with Gasteiger partial charge >= 0.3 is 0 Å². The van der Waals surface area contributed by atoms with Gasteiger partial charge in [0.05, 0.1) is 20.6 Å². The van der Waals surface area contributed by atoms with E-state index in [9.17, 15) is 9.59 Å². The van der Waals surface area contributed by atoms with Gasteiger partial charge in [-0.3, -0.25) is 14.5 Å². The summed E-state index contributed by atoms with van der Waals surface area (Å²) in [5, 5.41) is 3.56. The third kappa shape index (κ3) is 6.24. The van der Waals surface area contributed by atoms with Crippen LogP contribution in [0.15, 0.2) is 71.6 Å². The highest BCUT2D eigenvalue weighted by Gasteiger charge is 2.33. The minimum Gasteiger partial charge on any atom is -0.484 e. The van der Waals surface area contributed by atoms with Crippen molar-refractivity contribution in [2.75, 3.05) is 16.8 Å². The predicted molar refractivity (Wildman–Crippen MR) is 149 cm³/mol. The Morgan fingerprint density at radius 3 is 2.43 bits per heavy atom. The number of nitrogens with one attached hydrogen (secondary N) is 1. The van der Waals surface area contributed by atoms with Gasteiger partial charge in [-0.15, -0.1) is 0 Å². The molecule has 1 fully saturated rings. The van der Waals surface area contributed by atoms with E-state index in [2.05, 4.69) is 12.2 Å². The summed E-state index contributed by atoms with van der Waals surface area (Å²) in [6.45, 7) is 1.96. The number of nitrogens with zero attached hydrogens (tertiary/aromatic N) is 1. The Kier molecular flexibility index (Phi) is 8.13. The fourth-order valence-corrected chi connectivity index (χ4v) is 4.89. The maximum absolute atomic E-state index is 13.0. The van der Waals surface area contributed by atoms with Crippen LogP contribution in [-0.2, 0) is 16.0 Å². The SMILES string of the molecule is CCc1ccc(NC(=O)COc2ccc(/C=C3\SC(=S)N(c4ccc(Cl)c(Cl)c4)C3=O)cc2)cc1.